The third kappa shape index (κ3) is 5.44. The van der Waals surface area contributed by atoms with Gasteiger partial charge < -0.3 is 14.4 Å². The zero-order chi connectivity index (χ0) is 20.0. The summed E-state index contributed by atoms with van der Waals surface area (Å²) in [6, 6.07) is 3.62. The fourth-order valence-electron chi connectivity index (χ4n) is 2.18. The number of methoxy groups -OCH3 is 1. The summed E-state index contributed by atoms with van der Waals surface area (Å²) in [5.41, 5.74) is -0.381. The lowest BCUT2D eigenvalue weighted by Crippen LogP contribution is -2.27. The molecule has 0 N–H and O–H groups in total. The van der Waals surface area contributed by atoms with E-state index in [2.05, 4.69) is 4.74 Å². The van der Waals surface area contributed by atoms with Crippen molar-refractivity contribution in [2.24, 2.45) is 0 Å². The van der Waals surface area contributed by atoms with Crippen molar-refractivity contribution in [1.29, 1.82) is 0 Å². The molecule has 2 rings (SSSR count). The number of carbonyl (C=O) groups is 3. The van der Waals surface area contributed by atoms with Crippen LogP contribution in [0.5, 0.6) is 0 Å². The molecule has 1 aromatic rings. The van der Waals surface area contributed by atoms with E-state index in [1.54, 1.807) is 0 Å². The average molecular weight is 415 g/mol. The lowest BCUT2D eigenvalue weighted by Gasteiger charge is -2.16. The van der Waals surface area contributed by atoms with Crippen LogP contribution in [0, 0.1) is 10.1 Å². The van der Waals surface area contributed by atoms with Gasteiger partial charge in [0.05, 0.1) is 41.1 Å². The Morgan fingerprint density at radius 1 is 1.44 bits per heavy atom. The normalized spacial score (nSPS) is 15.1. The van der Waals surface area contributed by atoms with E-state index in [0.29, 0.717) is 11.4 Å². The van der Waals surface area contributed by atoms with Gasteiger partial charge in [-0.2, -0.15) is 0 Å². The fourth-order valence-corrected chi connectivity index (χ4v) is 3.32. The van der Waals surface area contributed by atoms with Crippen LogP contribution in [0.15, 0.2) is 29.3 Å². The smallest absolute Gasteiger partial charge is 0.338 e. The predicted octanol–water partition coefficient (Wildman–Crippen LogP) is 2.38. The van der Waals surface area contributed by atoms with Crippen LogP contribution >= 0.6 is 23.4 Å². The van der Waals surface area contributed by atoms with Crippen molar-refractivity contribution < 1.29 is 28.8 Å². The second-order valence-corrected chi connectivity index (χ2v) is 6.66. The fraction of sp³-hybridized carbons (Fsp3) is 0.312. The van der Waals surface area contributed by atoms with Crippen molar-refractivity contribution in [2.45, 2.75) is 6.42 Å². The van der Waals surface area contributed by atoms with Gasteiger partial charge in [0.2, 0.25) is 5.91 Å². The van der Waals surface area contributed by atoms with Crippen LogP contribution in [0.3, 0.4) is 0 Å². The van der Waals surface area contributed by atoms with Crippen molar-refractivity contribution in [2.75, 3.05) is 26.0 Å². The maximum absolute atomic E-state index is 12.0. The first-order valence-electron chi connectivity index (χ1n) is 7.67. The van der Waals surface area contributed by atoms with Crippen molar-refractivity contribution in [1.82, 2.24) is 4.90 Å². The molecule has 1 fully saturated rings. The van der Waals surface area contributed by atoms with Gasteiger partial charge in [0.1, 0.15) is 5.02 Å². The third-order valence-corrected chi connectivity index (χ3v) is 4.84. The summed E-state index contributed by atoms with van der Waals surface area (Å²) in [6.45, 7) is 0.248. The molecule has 1 aliphatic heterocycles. The molecule has 1 aromatic carbocycles. The molecular weight excluding hydrogens is 400 g/mol. The zero-order valence-corrected chi connectivity index (χ0v) is 15.7. The van der Waals surface area contributed by atoms with E-state index in [-0.39, 0.29) is 41.1 Å². The molecule has 0 bridgehead atoms. The summed E-state index contributed by atoms with van der Waals surface area (Å²) in [7, 11) is 1.24. The first-order valence-corrected chi connectivity index (χ1v) is 9.03. The van der Waals surface area contributed by atoms with Crippen molar-refractivity contribution in [3.05, 3.63) is 50.0 Å². The number of nitro groups is 1. The molecule has 144 valence electrons. The molecule has 9 nitrogen and oxygen atoms in total. The highest BCUT2D eigenvalue weighted by Gasteiger charge is 2.27. The van der Waals surface area contributed by atoms with E-state index in [1.165, 1.54) is 42.0 Å². The number of esters is 2. The average Bonchev–Trinajstić information content (AvgIpc) is 2.98. The van der Waals surface area contributed by atoms with E-state index in [4.69, 9.17) is 16.3 Å². The van der Waals surface area contributed by atoms with Gasteiger partial charge in [0.25, 0.3) is 5.69 Å². The van der Waals surface area contributed by atoms with Crippen LogP contribution in [0.25, 0.3) is 0 Å². The highest BCUT2D eigenvalue weighted by molar-refractivity contribution is 8.04. The molecular formula is C16H15ClN2O7S. The molecule has 1 saturated heterocycles. The van der Waals surface area contributed by atoms with Crippen LogP contribution in [0.4, 0.5) is 5.69 Å². The summed E-state index contributed by atoms with van der Waals surface area (Å²) in [6.07, 6.45) is 1.56. The number of hydrogen-bond donors (Lipinski definition) is 0. The Morgan fingerprint density at radius 2 is 2.19 bits per heavy atom. The minimum absolute atomic E-state index is 0.00475. The van der Waals surface area contributed by atoms with Gasteiger partial charge in [-0.05, 0) is 18.6 Å². The number of benzene rings is 1. The van der Waals surface area contributed by atoms with Gasteiger partial charge in [0, 0.05) is 12.6 Å². The second-order valence-electron chi connectivity index (χ2n) is 5.25. The van der Waals surface area contributed by atoms with Crippen molar-refractivity contribution >= 4 is 46.9 Å². The van der Waals surface area contributed by atoms with Gasteiger partial charge in [-0.1, -0.05) is 23.4 Å². The molecule has 0 saturated carbocycles. The predicted molar refractivity (Wildman–Crippen MR) is 97.3 cm³/mol. The van der Waals surface area contributed by atoms with Crippen LogP contribution in [-0.2, 0) is 19.1 Å². The van der Waals surface area contributed by atoms with Crippen LogP contribution in [0.1, 0.15) is 16.8 Å². The Labute approximate surface area is 163 Å². The van der Waals surface area contributed by atoms with Gasteiger partial charge in [-0.15, -0.1) is 0 Å². The van der Waals surface area contributed by atoms with Crippen molar-refractivity contribution in [3.8, 4) is 0 Å². The summed E-state index contributed by atoms with van der Waals surface area (Å²) in [5.74, 6) is -1.23. The topological polar surface area (TPSA) is 116 Å². The largest absolute Gasteiger partial charge is 0.466 e. The number of halogens is 1. The highest BCUT2D eigenvalue weighted by Crippen LogP contribution is 2.29. The number of thioether (sulfide) groups is 1. The number of rotatable bonds is 7. The van der Waals surface area contributed by atoms with E-state index < -0.39 is 16.9 Å². The first-order chi connectivity index (χ1) is 12.8. The summed E-state index contributed by atoms with van der Waals surface area (Å²) in [5, 5.41) is 11.3. The summed E-state index contributed by atoms with van der Waals surface area (Å²) < 4.78 is 9.62. The molecule has 0 spiro atoms. The SMILES string of the molecule is COC(=O)/C=C1/SCC(=O)N1CCCOC(=O)c1ccc(Cl)c([N+](=O)[O-])c1. The van der Waals surface area contributed by atoms with E-state index in [1.807, 2.05) is 0 Å². The first kappa shape index (κ1) is 20.7. The standard InChI is InChI=1S/C16H15ClN2O7S/c1-25-15(21)8-14-18(13(20)9-27-14)5-2-6-26-16(22)10-3-4-11(17)12(7-10)19(23)24/h3-4,7-8H,2,5-6,9H2,1H3/b14-8+. The maximum atomic E-state index is 12.0. The lowest BCUT2D eigenvalue weighted by atomic mass is 10.2. The Bertz CT molecular complexity index is 812. The van der Waals surface area contributed by atoms with Crippen LogP contribution in [-0.4, -0.2) is 53.7 Å². The van der Waals surface area contributed by atoms with Crippen molar-refractivity contribution in [3.63, 3.8) is 0 Å². The monoisotopic (exact) mass is 414 g/mol. The summed E-state index contributed by atoms with van der Waals surface area (Å²) in [4.78, 5) is 46.8. The molecule has 0 atom stereocenters. The summed E-state index contributed by atoms with van der Waals surface area (Å²) >= 11 is 6.92. The number of ether oxygens (including phenoxy) is 2. The molecule has 0 aliphatic carbocycles. The van der Waals surface area contributed by atoms with Crippen LogP contribution < -0.4 is 0 Å². The minimum atomic E-state index is -0.734. The number of carbonyl (C=O) groups excluding carboxylic acids is 3. The van der Waals surface area contributed by atoms with Gasteiger partial charge >= 0.3 is 11.9 Å². The molecule has 0 radical (unpaired) electrons. The van der Waals surface area contributed by atoms with Gasteiger partial charge in [-0.25, -0.2) is 9.59 Å². The molecule has 0 aromatic heterocycles. The molecule has 1 amide bonds. The molecule has 11 heteroatoms. The molecule has 1 heterocycles. The van der Waals surface area contributed by atoms with E-state index in [0.717, 1.165) is 6.07 Å². The number of nitrogens with zero attached hydrogens (tertiary/aromatic N) is 2. The Balaban J connectivity index is 1.89. The quantitative estimate of drug-likeness (QED) is 0.219. The molecule has 27 heavy (non-hydrogen) atoms. The lowest BCUT2D eigenvalue weighted by molar-refractivity contribution is -0.384. The van der Waals surface area contributed by atoms with Gasteiger partial charge in [0.15, 0.2) is 0 Å². The Hall–Kier alpha value is -2.59. The second kappa shape index (κ2) is 9.38. The van der Waals surface area contributed by atoms with Crippen LogP contribution in [0.2, 0.25) is 5.02 Å². The minimum Gasteiger partial charge on any atom is -0.466 e. The Morgan fingerprint density at radius 3 is 2.85 bits per heavy atom. The van der Waals surface area contributed by atoms with E-state index >= 15 is 0 Å². The maximum Gasteiger partial charge on any atom is 0.338 e. The number of hydrogen-bond acceptors (Lipinski definition) is 8. The zero-order valence-electron chi connectivity index (χ0n) is 14.2. The highest BCUT2D eigenvalue weighted by atomic mass is 35.5. The third-order valence-electron chi connectivity index (χ3n) is 3.49. The van der Waals surface area contributed by atoms with E-state index in [9.17, 15) is 24.5 Å². The molecule has 1 aliphatic rings. The van der Waals surface area contributed by atoms with Gasteiger partial charge in [-0.3, -0.25) is 14.9 Å². The molecule has 0 unspecified atom stereocenters. The Kier molecular flexibility index (Phi) is 7.19. The number of nitro benzene ring substituents is 1. The number of amides is 1.